The van der Waals surface area contributed by atoms with Gasteiger partial charge in [-0.15, -0.1) is 0 Å². The zero-order valence-corrected chi connectivity index (χ0v) is 19.0. The summed E-state index contributed by atoms with van der Waals surface area (Å²) in [7, 11) is -3.64. The van der Waals surface area contributed by atoms with Gasteiger partial charge >= 0.3 is 0 Å². The van der Waals surface area contributed by atoms with Crippen molar-refractivity contribution >= 4 is 44.4 Å². The lowest BCUT2D eigenvalue weighted by Crippen LogP contribution is -2.40. The van der Waals surface area contributed by atoms with Crippen molar-refractivity contribution in [3.05, 3.63) is 47.5 Å². The average Bonchev–Trinajstić information content (AvgIpc) is 3.16. The predicted octanol–water partition coefficient (Wildman–Crippen LogP) is 2.93. The number of nitrogens with one attached hydrogen (secondary N) is 2. The lowest BCUT2D eigenvalue weighted by atomic mass is 10.2. The second-order valence-corrected chi connectivity index (χ2v) is 10.3. The van der Waals surface area contributed by atoms with Gasteiger partial charge in [0.05, 0.1) is 34.9 Å². The normalized spacial score (nSPS) is 15.3. The molecule has 0 aliphatic carbocycles. The van der Waals surface area contributed by atoms with Crippen LogP contribution in [0.2, 0.25) is 0 Å². The number of nitrogens with zero attached hydrogens (tertiary/aromatic N) is 2. The largest absolute Gasteiger partial charge is 0.379 e. The molecule has 1 aliphatic rings. The maximum atomic E-state index is 13.0. The Bertz CT molecular complexity index is 1220. The SMILES string of the molecule is Cc1ccc2nc(SCC(=O)Nc3ccc(C)c(S(=O)(=O)N4CCOCC4)c3)[nH]c2c1. The van der Waals surface area contributed by atoms with Crippen LogP contribution >= 0.6 is 11.8 Å². The maximum absolute atomic E-state index is 13.0. The quantitative estimate of drug-likeness (QED) is 0.548. The Morgan fingerprint density at radius 3 is 2.74 bits per heavy atom. The fourth-order valence-corrected chi connectivity index (χ4v) is 5.72. The van der Waals surface area contributed by atoms with Crippen LogP contribution in [0.15, 0.2) is 46.5 Å². The Balaban J connectivity index is 1.43. The van der Waals surface area contributed by atoms with Crippen molar-refractivity contribution in [2.45, 2.75) is 23.9 Å². The molecule has 1 amide bonds. The number of ether oxygens (including phenoxy) is 1. The highest BCUT2D eigenvalue weighted by Gasteiger charge is 2.28. The number of carbonyl (C=O) groups excluding carboxylic acids is 1. The van der Waals surface area contributed by atoms with Gasteiger partial charge in [-0.25, -0.2) is 13.4 Å². The number of aryl methyl sites for hydroxylation is 2. The van der Waals surface area contributed by atoms with Gasteiger partial charge in [0.25, 0.3) is 0 Å². The fourth-order valence-electron chi connectivity index (χ4n) is 3.38. The van der Waals surface area contributed by atoms with Gasteiger partial charge in [0, 0.05) is 18.8 Å². The summed E-state index contributed by atoms with van der Waals surface area (Å²) in [6.45, 7) is 5.17. The van der Waals surface area contributed by atoms with Crippen molar-refractivity contribution < 1.29 is 17.9 Å². The van der Waals surface area contributed by atoms with Crippen LogP contribution in [0.4, 0.5) is 5.69 Å². The van der Waals surface area contributed by atoms with E-state index in [1.54, 1.807) is 19.1 Å². The van der Waals surface area contributed by atoms with E-state index in [4.69, 9.17) is 4.74 Å². The van der Waals surface area contributed by atoms with E-state index < -0.39 is 10.0 Å². The van der Waals surface area contributed by atoms with Gasteiger partial charge in [0.15, 0.2) is 5.16 Å². The van der Waals surface area contributed by atoms with Crippen molar-refractivity contribution in [3.63, 3.8) is 0 Å². The third kappa shape index (κ3) is 4.93. The van der Waals surface area contributed by atoms with E-state index in [1.165, 1.54) is 22.1 Å². The third-order valence-corrected chi connectivity index (χ3v) is 7.93. The molecule has 164 valence electrons. The molecule has 1 aromatic heterocycles. The Hall–Kier alpha value is -2.40. The molecule has 31 heavy (non-hydrogen) atoms. The number of sulfonamides is 1. The van der Waals surface area contributed by atoms with Crippen LogP contribution in [0.25, 0.3) is 11.0 Å². The number of anilines is 1. The third-order valence-electron chi connectivity index (χ3n) is 5.02. The van der Waals surface area contributed by atoms with Crippen LogP contribution in [0.5, 0.6) is 0 Å². The van der Waals surface area contributed by atoms with E-state index >= 15 is 0 Å². The first-order chi connectivity index (χ1) is 14.8. The van der Waals surface area contributed by atoms with Gasteiger partial charge in [-0.1, -0.05) is 23.9 Å². The van der Waals surface area contributed by atoms with Crippen molar-refractivity contribution in [1.82, 2.24) is 14.3 Å². The molecule has 0 unspecified atom stereocenters. The van der Waals surface area contributed by atoms with E-state index in [0.29, 0.717) is 42.7 Å². The number of aromatic amines is 1. The van der Waals surface area contributed by atoms with Crippen LogP contribution in [0.1, 0.15) is 11.1 Å². The fraction of sp³-hybridized carbons (Fsp3) is 0.333. The van der Waals surface area contributed by atoms with E-state index in [9.17, 15) is 13.2 Å². The highest BCUT2D eigenvalue weighted by Crippen LogP contribution is 2.25. The molecule has 3 aromatic rings. The van der Waals surface area contributed by atoms with Gasteiger partial charge < -0.3 is 15.0 Å². The molecule has 2 N–H and O–H groups in total. The van der Waals surface area contributed by atoms with Gasteiger partial charge in [-0.05, 0) is 49.2 Å². The molecule has 0 spiro atoms. The summed E-state index contributed by atoms with van der Waals surface area (Å²) in [6.07, 6.45) is 0. The predicted molar refractivity (Wildman–Crippen MR) is 121 cm³/mol. The maximum Gasteiger partial charge on any atom is 0.243 e. The summed E-state index contributed by atoms with van der Waals surface area (Å²) in [5, 5.41) is 3.45. The smallest absolute Gasteiger partial charge is 0.243 e. The van der Waals surface area contributed by atoms with E-state index in [-0.39, 0.29) is 16.6 Å². The summed E-state index contributed by atoms with van der Waals surface area (Å²) in [5.41, 5.74) is 4.00. The number of carbonyl (C=O) groups is 1. The Morgan fingerprint density at radius 2 is 1.97 bits per heavy atom. The number of imidazole rings is 1. The first kappa shape index (κ1) is 21.8. The highest BCUT2D eigenvalue weighted by molar-refractivity contribution is 7.99. The number of benzene rings is 2. The first-order valence-electron chi connectivity index (χ1n) is 9.90. The molecule has 0 bridgehead atoms. The molecule has 4 rings (SSSR count). The second-order valence-electron chi connectivity index (χ2n) is 7.40. The second kappa shape index (κ2) is 8.99. The summed E-state index contributed by atoms with van der Waals surface area (Å²) in [5.74, 6) is -0.0849. The molecule has 0 atom stereocenters. The molecule has 2 heterocycles. The number of rotatable bonds is 6. The molecule has 0 saturated carbocycles. The minimum atomic E-state index is -3.64. The summed E-state index contributed by atoms with van der Waals surface area (Å²) in [6, 6.07) is 10.9. The van der Waals surface area contributed by atoms with Crippen LogP contribution in [0, 0.1) is 13.8 Å². The Kier molecular flexibility index (Phi) is 6.33. The zero-order valence-electron chi connectivity index (χ0n) is 17.3. The van der Waals surface area contributed by atoms with Crippen LogP contribution < -0.4 is 5.32 Å². The summed E-state index contributed by atoms with van der Waals surface area (Å²) >= 11 is 1.30. The van der Waals surface area contributed by atoms with Crippen LogP contribution in [0.3, 0.4) is 0 Å². The minimum absolute atomic E-state index is 0.151. The summed E-state index contributed by atoms with van der Waals surface area (Å²) in [4.78, 5) is 20.3. The molecule has 1 saturated heterocycles. The molecule has 8 nitrogen and oxygen atoms in total. The van der Waals surface area contributed by atoms with E-state index in [0.717, 1.165) is 16.6 Å². The number of morpholine rings is 1. The monoisotopic (exact) mass is 460 g/mol. The van der Waals surface area contributed by atoms with Crippen molar-refractivity contribution in [2.24, 2.45) is 0 Å². The number of aromatic nitrogens is 2. The van der Waals surface area contributed by atoms with Gasteiger partial charge in [0.1, 0.15) is 0 Å². The highest BCUT2D eigenvalue weighted by atomic mass is 32.2. The standard InChI is InChI=1S/C21H24N4O4S2/c1-14-3-6-17-18(11-14)24-21(23-17)30-13-20(26)22-16-5-4-15(2)19(12-16)31(27,28)25-7-9-29-10-8-25/h3-6,11-12H,7-10,13H2,1-2H3,(H,22,26)(H,23,24). The number of hydrogen-bond donors (Lipinski definition) is 2. The van der Waals surface area contributed by atoms with E-state index in [2.05, 4.69) is 15.3 Å². The van der Waals surface area contributed by atoms with Gasteiger partial charge in [-0.2, -0.15) is 4.31 Å². The Morgan fingerprint density at radius 1 is 1.19 bits per heavy atom. The lowest BCUT2D eigenvalue weighted by molar-refractivity contribution is -0.113. The topological polar surface area (TPSA) is 104 Å². The first-order valence-corrected chi connectivity index (χ1v) is 12.3. The molecule has 10 heteroatoms. The molecule has 1 aliphatic heterocycles. The Labute approximate surface area is 185 Å². The number of hydrogen-bond acceptors (Lipinski definition) is 6. The number of amides is 1. The summed E-state index contributed by atoms with van der Waals surface area (Å²) < 4.78 is 32.7. The molecule has 2 aromatic carbocycles. The molecule has 1 fully saturated rings. The molecule has 0 radical (unpaired) electrons. The molecular formula is C21H24N4O4S2. The van der Waals surface area contributed by atoms with Crippen LogP contribution in [-0.4, -0.2) is 60.7 Å². The van der Waals surface area contributed by atoms with Crippen molar-refractivity contribution in [1.29, 1.82) is 0 Å². The minimum Gasteiger partial charge on any atom is -0.379 e. The lowest BCUT2D eigenvalue weighted by Gasteiger charge is -2.26. The number of H-pyrrole nitrogens is 1. The van der Waals surface area contributed by atoms with E-state index in [1.807, 2.05) is 25.1 Å². The van der Waals surface area contributed by atoms with Crippen LogP contribution in [-0.2, 0) is 19.6 Å². The number of fused-ring (bicyclic) bond motifs is 1. The van der Waals surface area contributed by atoms with Crippen molar-refractivity contribution in [3.8, 4) is 0 Å². The number of thioether (sulfide) groups is 1. The van der Waals surface area contributed by atoms with Gasteiger partial charge in [0.2, 0.25) is 15.9 Å². The molecular weight excluding hydrogens is 436 g/mol. The van der Waals surface area contributed by atoms with Gasteiger partial charge in [-0.3, -0.25) is 4.79 Å². The van der Waals surface area contributed by atoms with Crippen molar-refractivity contribution in [2.75, 3.05) is 37.4 Å². The zero-order chi connectivity index (χ0) is 22.0. The average molecular weight is 461 g/mol.